The first-order chi connectivity index (χ1) is 7.06. The van der Waals surface area contributed by atoms with Crippen LogP contribution in [0.4, 0.5) is 0 Å². The molecule has 0 spiro atoms. The van der Waals surface area contributed by atoms with Crippen molar-refractivity contribution in [3.8, 4) is 0 Å². The molecule has 1 saturated carbocycles. The molecular formula is C10H9BrClNO2. The highest BCUT2D eigenvalue weighted by Gasteiger charge is 2.48. The molecule has 80 valence electrons. The molecule has 5 heteroatoms. The van der Waals surface area contributed by atoms with E-state index in [1.165, 1.54) is 0 Å². The summed E-state index contributed by atoms with van der Waals surface area (Å²) in [5, 5.41) is 9.64. The molecule has 0 saturated heterocycles. The third-order valence-corrected chi connectivity index (χ3v) is 3.60. The molecule has 2 rings (SSSR count). The van der Waals surface area contributed by atoms with Gasteiger partial charge in [-0.1, -0.05) is 18.0 Å². The van der Waals surface area contributed by atoms with Crippen LogP contribution >= 0.6 is 27.5 Å². The second-order valence-corrected chi connectivity index (χ2v) is 5.05. The second kappa shape index (κ2) is 3.76. The molecule has 1 aromatic rings. The maximum absolute atomic E-state index is 11.2. The van der Waals surface area contributed by atoms with Gasteiger partial charge in [0.1, 0.15) is 5.41 Å². The van der Waals surface area contributed by atoms with Crippen molar-refractivity contribution in [2.24, 2.45) is 0 Å². The summed E-state index contributed by atoms with van der Waals surface area (Å²) in [4.78, 5) is 15.4. The van der Waals surface area contributed by atoms with Crippen molar-refractivity contribution in [3.63, 3.8) is 0 Å². The molecule has 15 heavy (non-hydrogen) atoms. The number of hydrogen-bond donors (Lipinski definition) is 1. The molecule has 0 unspecified atom stereocenters. The van der Waals surface area contributed by atoms with Crippen molar-refractivity contribution < 1.29 is 9.90 Å². The largest absolute Gasteiger partial charge is 0.481 e. The molecule has 1 fully saturated rings. The zero-order valence-corrected chi connectivity index (χ0v) is 10.2. The lowest BCUT2D eigenvalue weighted by molar-refractivity contribution is -0.147. The number of carboxylic acid groups (broad SMARTS) is 1. The van der Waals surface area contributed by atoms with Crippen LogP contribution in [0.15, 0.2) is 16.7 Å². The lowest BCUT2D eigenvalue weighted by Gasteiger charge is -2.37. The van der Waals surface area contributed by atoms with Crippen LogP contribution in [0.1, 0.15) is 25.0 Å². The summed E-state index contributed by atoms with van der Waals surface area (Å²) >= 11 is 9.26. The Morgan fingerprint density at radius 1 is 1.60 bits per heavy atom. The number of halogens is 2. The molecule has 0 radical (unpaired) electrons. The van der Waals surface area contributed by atoms with E-state index in [-0.39, 0.29) is 0 Å². The fourth-order valence-corrected chi connectivity index (χ4v) is 2.66. The van der Waals surface area contributed by atoms with Crippen LogP contribution in [-0.4, -0.2) is 16.1 Å². The monoisotopic (exact) mass is 289 g/mol. The third kappa shape index (κ3) is 1.66. The van der Waals surface area contributed by atoms with E-state index in [0.29, 0.717) is 23.6 Å². The number of hydrogen-bond acceptors (Lipinski definition) is 2. The number of carbonyl (C=O) groups is 1. The zero-order valence-electron chi connectivity index (χ0n) is 7.83. The molecule has 3 nitrogen and oxygen atoms in total. The minimum absolute atomic E-state index is 0.423. The quantitative estimate of drug-likeness (QED) is 0.911. The van der Waals surface area contributed by atoms with E-state index in [4.69, 9.17) is 11.6 Å². The van der Waals surface area contributed by atoms with Gasteiger partial charge in [-0.05, 0) is 34.8 Å². The Kier molecular flexibility index (Phi) is 2.73. The van der Waals surface area contributed by atoms with Gasteiger partial charge in [0.25, 0.3) is 0 Å². The van der Waals surface area contributed by atoms with Crippen LogP contribution in [0.5, 0.6) is 0 Å². The molecule has 0 atom stereocenters. The molecule has 1 aliphatic carbocycles. The number of pyridine rings is 1. The predicted octanol–water partition coefficient (Wildman–Crippen LogP) is 3.00. The van der Waals surface area contributed by atoms with Crippen molar-refractivity contribution in [2.75, 3.05) is 0 Å². The van der Waals surface area contributed by atoms with E-state index in [1.807, 2.05) is 0 Å². The summed E-state index contributed by atoms with van der Waals surface area (Å²) in [5.74, 6) is -0.828. The van der Waals surface area contributed by atoms with Crippen LogP contribution in [0.3, 0.4) is 0 Å². The van der Waals surface area contributed by atoms with E-state index < -0.39 is 11.4 Å². The average Bonchev–Trinajstić information content (AvgIpc) is 2.05. The minimum atomic E-state index is -0.849. The van der Waals surface area contributed by atoms with Gasteiger partial charge in [-0.25, -0.2) is 0 Å². The molecule has 1 aliphatic rings. The summed E-state index contributed by atoms with van der Waals surface area (Å²) in [6, 6.07) is 1.69. The van der Waals surface area contributed by atoms with Crippen LogP contribution in [0.25, 0.3) is 0 Å². The molecule has 0 aliphatic heterocycles. The maximum Gasteiger partial charge on any atom is 0.315 e. The summed E-state index contributed by atoms with van der Waals surface area (Å²) in [6.45, 7) is 0. The Morgan fingerprint density at radius 3 is 2.67 bits per heavy atom. The standard InChI is InChI=1S/C10H9BrClNO2/c11-6-4-7(12)8(13-5-6)10(9(14)15)2-1-3-10/h4-5H,1-3H2,(H,14,15). The number of nitrogens with zero attached hydrogens (tertiary/aromatic N) is 1. The highest BCUT2D eigenvalue weighted by molar-refractivity contribution is 9.10. The number of aliphatic carboxylic acids is 1. The van der Waals surface area contributed by atoms with Gasteiger partial charge in [0.15, 0.2) is 0 Å². The van der Waals surface area contributed by atoms with E-state index in [9.17, 15) is 9.90 Å². The Labute approximate surface area is 101 Å². The third-order valence-electron chi connectivity index (χ3n) is 2.88. The SMILES string of the molecule is O=C(O)C1(c2ncc(Br)cc2Cl)CCC1. The molecule has 0 bridgehead atoms. The molecular weight excluding hydrogens is 281 g/mol. The zero-order chi connectivity index (χ0) is 11.1. The van der Waals surface area contributed by atoms with Gasteiger partial charge in [-0.3, -0.25) is 9.78 Å². The van der Waals surface area contributed by atoms with Crippen LogP contribution < -0.4 is 0 Å². The summed E-state index contributed by atoms with van der Waals surface area (Å²) < 4.78 is 0.760. The Bertz CT molecular complexity index is 418. The maximum atomic E-state index is 11.2. The first-order valence-corrected chi connectivity index (χ1v) is 5.78. The van der Waals surface area contributed by atoms with Gasteiger partial charge in [0.05, 0.1) is 10.7 Å². The average molecular weight is 291 g/mol. The van der Waals surface area contributed by atoms with Crippen molar-refractivity contribution in [2.45, 2.75) is 24.7 Å². The van der Waals surface area contributed by atoms with Gasteiger partial charge < -0.3 is 5.11 Å². The highest BCUT2D eigenvalue weighted by atomic mass is 79.9. The normalized spacial score (nSPS) is 18.3. The first-order valence-electron chi connectivity index (χ1n) is 4.61. The number of rotatable bonds is 2. The van der Waals surface area contributed by atoms with E-state index in [1.54, 1.807) is 12.3 Å². The smallest absolute Gasteiger partial charge is 0.315 e. The molecule has 0 aromatic carbocycles. The topological polar surface area (TPSA) is 50.2 Å². The minimum Gasteiger partial charge on any atom is -0.481 e. The van der Waals surface area contributed by atoms with Crippen molar-refractivity contribution in [1.29, 1.82) is 0 Å². The predicted molar refractivity (Wildman–Crippen MR) is 60.1 cm³/mol. The fraction of sp³-hybridized carbons (Fsp3) is 0.400. The van der Waals surface area contributed by atoms with Crippen LogP contribution in [0.2, 0.25) is 5.02 Å². The first kappa shape index (κ1) is 10.9. The lowest BCUT2D eigenvalue weighted by atomic mass is 9.66. The van der Waals surface area contributed by atoms with Crippen molar-refractivity contribution in [3.05, 3.63) is 27.5 Å². The fourth-order valence-electron chi connectivity index (χ4n) is 1.85. The van der Waals surface area contributed by atoms with Gasteiger partial charge in [-0.2, -0.15) is 0 Å². The summed E-state index contributed by atoms with van der Waals surface area (Å²) in [7, 11) is 0. The Hall–Kier alpha value is -0.610. The molecule has 1 aromatic heterocycles. The van der Waals surface area contributed by atoms with Crippen molar-refractivity contribution >= 4 is 33.5 Å². The van der Waals surface area contributed by atoms with E-state index >= 15 is 0 Å². The Morgan fingerprint density at radius 2 is 2.27 bits per heavy atom. The number of aromatic nitrogens is 1. The highest BCUT2D eigenvalue weighted by Crippen LogP contribution is 2.45. The van der Waals surface area contributed by atoms with Gasteiger partial charge in [0.2, 0.25) is 0 Å². The molecule has 1 N–H and O–H groups in total. The lowest BCUT2D eigenvalue weighted by Crippen LogP contribution is -2.43. The summed E-state index contributed by atoms with van der Waals surface area (Å²) in [6.07, 6.45) is 3.75. The molecule has 0 amide bonds. The molecule has 1 heterocycles. The van der Waals surface area contributed by atoms with Gasteiger partial charge >= 0.3 is 5.97 Å². The van der Waals surface area contributed by atoms with Crippen molar-refractivity contribution in [1.82, 2.24) is 4.98 Å². The van der Waals surface area contributed by atoms with Gasteiger partial charge in [-0.15, -0.1) is 0 Å². The Balaban J connectivity index is 2.48. The summed E-state index contributed by atoms with van der Waals surface area (Å²) in [5.41, 5.74) is -0.358. The van der Waals surface area contributed by atoms with E-state index in [2.05, 4.69) is 20.9 Å². The van der Waals surface area contributed by atoms with Crippen LogP contribution in [0, 0.1) is 0 Å². The second-order valence-electron chi connectivity index (χ2n) is 3.72. The van der Waals surface area contributed by atoms with E-state index in [0.717, 1.165) is 10.9 Å². The van der Waals surface area contributed by atoms with Gasteiger partial charge in [0, 0.05) is 10.7 Å². The van der Waals surface area contributed by atoms with Crippen LogP contribution in [-0.2, 0) is 10.2 Å². The number of carboxylic acids is 1.